The molecule has 0 radical (unpaired) electrons. The van der Waals surface area contributed by atoms with Crippen molar-refractivity contribution in [2.75, 3.05) is 0 Å². The van der Waals surface area contributed by atoms with Gasteiger partial charge < -0.3 is 58.4 Å². The number of unbranched alkanes of at least 4 members (excludes halogenated alkanes) is 2. The Labute approximate surface area is 181 Å². The third-order valence-corrected chi connectivity index (χ3v) is 3.58. The molecule has 2 N–H and O–H groups in total. The molecule has 0 spiro atoms. The summed E-state index contributed by atoms with van der Waals surface area (Å²) in [5.74, 6) is 0. The highest BCUT2D eigenvalue weighted by Gasteiger charge is 2.03. The normalized spacial score (nSPS) is 10.6. The fraction of sp³-hybridized carbons (Fsp3) is 0.294. The molecule has 0 fully saturated rings. The van der Waals surface area contributed by atoms with Crippen molar-refractivity contribution in [3.63, 3.8) is 0 Å². The summed E-state index contributed by atoms with van der Waals surface area (Å²) in [4.78, 5) is 0. The molecule has 0 aliphatic heterocycles. The Kier molecular flexibility index (Phi) is 13.2. The highest BCUT2D eigenvalue weighted by molar-refractivity contribution is 5.78. The first-order valence-corrected chi connectivity index (χ1v) is 7.65. The molecule has 0 aliphatic rings. The molecule has 2 aromatic heterocycles. The van der Waals surface area contributed by atoms with E-state index in [1.165, 1.54) is 12.4 Å². The topological polar surface area (TPSA) is 72.9 Å². The van der Waals surface area contributed by atoms with Gasteiger partial charge >= 0.3 is 0 Å². The second-order valence-corrected chi connectivity index (χ2v) is 5.29. The maximum Gasteiger partial charge on any atom is 0.169 e. The van der Waals surface area contributed by atoms with Gasteiger partial charge in [0.1, 0.15) is 13.1 Å². The van der Waals surface area contributed by atoms with Gasteiger partial charge in [0, 0.05) is 48.2 Å². The number of hydrogen-bond donors (Lipinski definition) is 2. The molecule has 0 saturated carbocycles. The predicted octanol–water partition coefficient (Wildman–Crippen LogP) is -4.24. The summed E-state index contributed by atoms with van der Waals surface area (Å²) in [6.07, 6.45) is 14.2. The quantitative estimate of drug-likeness (QED) is 0.0847. The molecule has 0 atom stereocenters. The van der Waals surface area contributed by atoms with Crippen LogP contribution in [0.3, 0.4) is 0 Å². The van der Waals surface area contributed by atoms with Crippen LogP contribution < -0.4 is 57.1 Å². The minimum absolute atomic E-state index is 0. The van der Waals surface area contributed by atoms with E-state index >= 15 is 0 Å². The van der Waals surface area contributed by atoms with Gasteiger partial charge in [-0.25, -0.2) is 9.13 Å². The number of halogens is 2. The molecule has 0 saturated heterocycles. The van der Waals surface area contributed by atoms with Crippen molar-refractivity contribution in [2.45, 2.75) is 32.4 Å². The van der Waals surface area contributed by atoms with Gasteiger partial charge in [-0.3, -0.25) is 0 Å². The van der Waals surface area contributed by atoms with Crippen LogP contribution in [0.25, 0.3) is 0 Å². The van der Waals surface area contributed by atoms with E-state index in [2.05, 4.69) is 19.4 Å². The van der Waals surface area contributed by atoms with Gasteiger partial charge in [0.05, 0.1) is 12.4 Å². The first kappa shape index (κ1) is 23.7. The molecule has 136 valence electrons. The van der Waals surface area contributed by atoms with E-state index in [-0.39, 0.29) is 48.0 Å². The molecular formula is C17H22I2N4O2. The highest BCUT2D eigenvalue weighted by atomic mass is 127. The SMILES string of the molecule is O/N=C\c1cc[n+](CCCCC[n+]2ccc(/C=N\O)cc2)cc1.[I-].[I-]. The monoisotopic (exact) mass is 568 g/mol. The fourth-order valence-electron chi connectivity index (χ4n) is 2.31. The Morgan fingerprint density at radius 3 is 1.36 bits per heavy atom. The number of oxime groups is 2. The number of rotatable bonds is 8. The van der Waals surface area contributed by atoms with Crippen molar-refractivity contribution >= 4 is 12.4 Å². The van der Waals surface area contributed by atoms with Crippen molar-refractivity contribution in [1.82, 2.24) is 0 Å². The molecule has 0 bridgehead atoms. The van der Waals surface area contributed by atoms with Crippen LogP contribution >= 0.6 is 0 Å². The van der Waals surface area contributed by atoms with E-state index in [0.717, 1.165) is 43.5 Å². The van der Waals surface area contributed by atoms with E-state index in [1.54, 1.807) is 0 Å². The molecular weight excluding hydrogens is 546 g/mol. The Hall–Kier alpha value is -1.30. The lowest BCUT2D eigenvalue weighted by Gasteiger charge is -1.99. The predicted molar refractivity (Wildman–Crippen MR) is 85.9 cm³/mol. The van der Waals surface area contributed by atoms with Crippen LogP contribution in [0.2, 0.25) is 0 Å². The Morgan fingerprint density at radius 1 is 0.680 bits per heavy atom. The lowest BCUT2D eigenvalue weighted by molar-refractivity contribution is -0.701. The van der Waals surface area contributed by atoms with E-state index < -0.39 is 0 Å². The lowest BCUT2D eigenvalue weighted by Crippen LogP contribution is -3.00. The Morgan fingerprint density at radius 2 is 1.04 bits per heavy atom. The van der Waals surface area contributed by atoms with Crippen LogP contribution in [0.15, 0.2) is 59.4 Å². The molecule has 8 heteroatoms. The molecule has 2 rings (SSSR count). The second kappa shape index (κ2) is 13.9. The van der Waals surface area contributed by atoms with Crippen molar-refractivity contribution in [3.05, 3.63) is 60.2 Å². The van der Waals surface area contributed by atoms with Crippen molar-refractivity contribution < 1.29 is 67.5 Å². The summed E-state index contributed by atoms with van der Waals surface area (Å²) in [5, 5.41) is 23.0. The maximum absolute atomic E-state index is 8.47. The van der Waals surface area contributed by atoms with E-state index in [1.807, 2.05) is 49.1 Å². The zero-order valence-corrected chi connectivity index (χ0v) is 18.1. The number of aromatic nitrogens is 2. The average Bonchev–Trinajstić information content (AvgIpc) is 2.58. The van der Waals surface area contributed by atoms with Crippen LogP contribution in [-0.2, 0) is 13.1 Å². The zero-order chi connectivity index (χ0) is 16.3. The molecule has 0 amide bonds. The molecule has 0 aromatic carbocycles. The maximum atomic E-state index is 8.47. The van der Waals surface area contributed by atoms with Gasteiger partial charge in [-0.15, -0.1) is 0 Å². The van der Waals surface area contributed by atoms with Gasteiger partial charge in [0.2, 0.25) is 0 Å². The largest absolute Gasteiger partial charge is 1.00 e. The highest BCUT2D eigenvalue weighted by Crippen LogP contribution is 1.97. The first-order valence-electron chi connectivity index (χ1n) is 7.65. The Bertz CT molecular complexity index is 589. The molecule has 25 heavy (non-hydrogen) atoms. The smallest absolute Gasteiger partial charge is 0.169 e. The van der Waals surface area contributed by atoms with Crippen LogP contribution in [0, 0.1) is 0 Å². The summed E-state index contributed by atoms with van der Waals surface area (Å²) in [6, 6.07) is 7.69. The molecule has 0 unspecified atom stereocenters. The summed E-state index contributed by atoms with van der Waals surface area (Å²) in [7, 11) is 0. The molecule has 0 aliphatic carbocycles. The summed E-state index contributed by atoms with van der Waals surface area (Å²) >= 11 is 0. The molecule has 2 heterocycles. The van der Waals surface area contributed by atoms with Gasteiger partial charge in [-0.1, -0.05) is 10.3 Å². The summed E-state index contributed by atoms with van der Waals surface area (Å²) in [5.41, 5.74) is 1.77. The summed E-state index contributed by atoms with van der Waals surface area (Å²) in [6.45, 7) is 1.96. The molecule has 6 nitrogen and oxygen atoms in total. The van der Waals surface area contributed by atoms with Crippen LogP contribution in [-0.4, -0.2) is 22.8 Å². The molecule has 2 aromatic rings. The fourth-order valence-corrected chi connectivity index (χ4v) is 2.31. The average molecular weight is 568 g/mol. The number of aryl methyl sites for hydroxylation is 2. The van der Waals surface area contributed by atoms with Crippen LogP contribution in [0.1, 0.15) is 30.4 Å². The minimum atomic E-state index is 0. The van der Waals surface area contributed by atoms with Gasteiger partial charge in [0.25, 0.3) is 0 Å². The van der Waals surface area contributed by atoms with Crippen LogP contribution in [0.5, 0.6) is 0 Å². The second-order valence-electron chi connectivity index (χ2n) is 5.29. The van der Waals surface area contributed by atoms with Gasteiger partial charge in [-0.05, 0) is 6.42 Å². The minimum Gasteiger partial charge on any atom is -1.00 e. The van der Waals surface area contributed by atoms with Gasteiger partial charge in [0.15, 0.2) is 24.8 Å². The van der Waals surface area contributed by atoms with Gasteiger partial charge in [-0.2, -0.15) is 0 Å². The lowest BCUT2D eigenvalue weighted by atomic mass is 10.2. The van der Waals surface area contributed by atoms with E-state index in [9.17, 15) is 0 Å². The Balaban J connectivity index is 0.00000288. The van der Waals surface area contributed by atoms with Crippen LogP contribution in [0.4, 0.5) is 0 Å². The standard InChI is InChI=1S/C17H20N4O2.2HI/c22-18-14-16-4-10-20(11-5-16)8-2-1-3-9-21-12-6-17(7-13-21)15-19-23;;/h4-7,10-15H,1-3,8-9H2;2*1H. The van der Waals surface area contributed by atoms with Crippen molar-refractivity contribution in [1.29, 1.82) is 0 Å². The number of hydrogen-bond acceptors (Lipinski definition) is 4. The first-order chi connectivity index (χ1) is 11.3. The van der Waals surface area contributed by atoms with Crippen molar-refractivity contribution in [3.8, 4) is 0 Å². The van der Waals surface area contributed by atoms with E-state index in [4.69, 9.17) is 10.4 Å². The van der Waals surface area contributed by atoms with Crippen molar-refractivity contribution in [2.24, 2.45) is 10.3 Å². The third-order valence-electron chi connectivity index (χ3n) is 3.58. The third kappa shape index (κ3) is 9.10. The zero-order valence-electron chi connectivity index (χ0n) is 13.7. The number of pyridine rings is 2. The van der Waals surface area contributed by atoms with E-state index in [0.29, 0.717) is 0 Å². The number of nitrogens with zero attached hydrogens (tertiary/aromatic N) is 4. The summed E-state index contributed by atoms with van der Waals surface area (Å²) < 4.78 is 4.26.